The number of hydrogen-bond acceptors (Lipinski definition) is 4. The lowest BCUT2D eigenvalue weighted by Crippen LogP contribution is -2.35. The summed E-state index contributed by atoms with van der Waals surface area (Å²) < 4.78 is 1.32. The van der Waals surface area contributed by atoms with E-state index < -0.39 is 17.5 Å². The Hall–Kier alpha value is -2.86. The number of aromatic nitrogens is 2. The number of nitrogens with two attached hydrogens (primary N) is 1. The van der Waals surface area contributed by atoms with E-state index in [1.165, 1.54) is 16.7 Å². The zero-order chi connectivity index (χ0) is 19.6. The van der Waals surface area contributed by atoms with Crippen LogP contribution in [-0.4, -0.2) is 20.6 Å². The predicted octanol–water partition coefficient (Wildman–Crippen LogP) is 3.64. The number of primary amides is 1. The summed E-state index contributed by atoms with van der Waals surface area (Å²) >= 11 is 6.11. The highest BCUT2D eigenvalue weighted by Crippen LogP contribution is 2.27. The number of nitrogens with zero attached hydrogens (tertiary/aromatic N) is 2. The van der Waals surface area contributed by atoms with Gasteiger partial charge in [-0.05, 0) is 36.8 Å². The molecule has 27 heavy (non-hydrogen) atoms. The lowest BCUT2D eigenvalue weighted by atomic mass is 10.1. The molecule has 3 N–H and O–H groups in total. The van der Waals surface area contributed by atoms with E-state index >= 15 is 0 Å². The van der Waals surface area contributed by atoms with Crippen LogP contribution in [0.15, 0.2) is 47.3 Å². The molecule has 0 spiro atoms. The number of aromatic hydroxyl groups is 1. The second-order valence-corrected chi connectivity index (χ2v) is 6.82. The van der Waals surface area contributed by atoms with Gasteiger partial charge in [-0.2, -0.15) is 0 Å². The molecule has 0 aliphatic rings. The van der Waals surface area contributed by atoms with Gasteiger partial charge in [0.25, 0.3) is 5.56 Å². The van der Waals surface area contributed by atoms with E-state index in [1.807, 2.05) is 6.92 Å². The number of rotatable bonds is 6. The van der Waals surface area contributed by atoms with Gasteiger partial charge in [0.1, 0.15) is 17.6 Å². The number of benzene rings is 2. The van der Waals surface area contributed by atoms with Crippen LogP contribution in [0.5, 0.6) is 5.75 Å². The summed E-state index contributed by atoms with van der Waals surface area (Å²) in [5, 5.41) is 10.5. The summed E-state index contributed by atoms with van der Waals surface area (Å²) in [5.41, 5.74) is 6.23. The Morgan fingerprint density at radius 2 is 2.07 bits per heavy atom. The average molecular weight is 386 g/mol. The number of unbranched alkanes of at least 4 members (excludes halogenated alkanes) is 1. The van der Waals surface area contributed by atoms with Gasteiger partial charge >= 0.3 is 0 Å². The van der Waals surface area contributed by atoms with Gasteiger partial charge in [-0.1, -0.05) is 43.5 Å². The third-order valence-electron chi connectivity index (χ3n) is 4.44. The highest BCUT2D eigenvalue weighted by molar-refractivity contribution is 6.30. The summed E-state index contributed by atoms with van der Waals surface area (Å²) in [6, 6.07) is 10.5. The summed E-state index contributed by atoms with van der Waals surface area (Å²) in [6.45, 7) is 2.00. The maximum atomic E-state index is 13.2. The van der Waals surface area contributed by atoms with Gasteiger partial charge in [-0.25, -0.2) is 4.98 Å². The van der Waals surface area contributed by atoms with E-state index in [-0.39, 0.29) is 11.1 Å². The van der Waals surface area contributed by atoms with Gasteiger partial charge in [0, 0.05) is 10.6 Å². The molecule has 7 heteroatoms. The minimum atomic E-state index is -0.842. The second-order valence-electron chi connectivity index (χ2n) is 6.38. The van der Waals surface area contributed by atoms with Crippen LogP contribution in [0.1, 0.15) is 32.2 Å². The van der Waals surface area contributed by atoms with E-state index in [0.29, 0.717) is 28.3 Å². The topological polar surface area (TPSA) is 98.2 Å². The molecule has 1 unspecified atom stereocenters. The minimum Gasteiger partial charge on any atom is -0.508 e. The third-order valence-corrected chi connectivity index (χ3v) is 4.67. The third kappa shape index (κ3) is 3.80. The van der Waals surface area contributed by atoms with Crippen molar-refractivity contribution in [3.05, 3.63) is 57.8 Å². The number of hydrogen-bond donors (Lipinski definition) is 2. The fourth-order valence-electron chi connectivity index (χ4n) is 3.10. The molecule has 3 aromatic rings. The Bertz CT molecular complexity index is 1060. The van der Waals surface area contributed by atoms with Crippen LogP contribution in [0, 0.1) is 0 Å². The Kier molecular flexibility index (Phi) is 5.46. The van der Waals surface area contributed by atoms with Crippen molar-refractivity contribution in [2.45, 2.75) is 32.2 Å². The summed E-state index contributed by atoms with van der Waals surface area (Å²) in [7, 11) is 0. The van der Waals surface area contributed by atoms with Gasteiger partial charge in [0.2, 0.25) is 5.91 Å². The molecular formula is C20H20ClN3O3. The Morgan fingerprint density at radius 3 is 2.74 bits per heavy atom. The van der Waals surface area contributed by atoms with Crippen LogP contribution in [0.3, 0.4) is 0 Å². The highest BCUT2D eigenvalue weighted by atomic mass is 35.5. The van der Waals surface area contributed by atoms with Crippen LogP contribution >= 0.6 is 11.6 Å². The van der Waals surface area contributed by atoms with E-state index in [2.05, 4.69) is 4.98 Å². The number of halogens is 1. The van der Waals surface area contributed by atoms with Gasteiger partial charge < -0.3 is 10.8 Å². The number of fused-ring (bicyclic) bond motifs is 1. The quantitative estimate of drug-likeness (QED) is 0.676. The van der Waals surface area contributed by atoms with Gasteiger partial charge in [0.15, 0.2) is 0 Å². The number of carbonyl (C=O) groups excluding carboxylic acids is 1. The van der Waals surface area contributed by atoms with Gasteiger partial charge in [-0.15, -0.1) is 0 Å². The van der Waals surface area contributed by atoms with Gasteiger partial charge in [0.05, 0.1) is 10.9 Å². The SMILES string of the molecule is CCCCC(C(N)=O)n1c(-c2cccc(Cl)c2)nc2ccc(O)cc2c1=O. The average Bonchev–Trinajstić information content (AvgIpc) is 2.63. The molecule has 0 radical (unpaired) electrons. The lowest BCUT2D eigenvalue weighted by Gasteiger charge is -2.21. The molecule has 1 heterocycles. The maximum absolute atomic E-state index is 13.2. The van der Waals surface area contributed by atoms with Crippen LogP contribution in [0.25, 0.3) is 22.3 Å². The van der Waals surface area contributed by atoms with Crippen LogP contribution in [0.4, 0.5) is 0 Å². The molecule has 0 saturated heterocycles. The van der Waals surface area contributed by atoms with Crippen LogP contribution in [0.2, 0.25) is 5.02 Å². The molecule has 0 aliphatic carbocycles. The molecule has 0 saturated carbocycles. The molecule has 0 aliphatic heterocycles. The largest absolute Gasteiger partial charge is 0.508 e. The fraction of sp³-hybridized carbons (Fsp3) is 0.250. The predicted molar refractivity (Wildman–Crippen MR) is 106 cm³/mol. The molecule has 140 valence electrons. The molecular weight excluding hydrogens is 366 g/mol. The lowest BCUT2D eigenvalue weighted by molar-refractivity contribution is -0.121. The maximum Gasteiger partial charge on any atom is 0.262 e. The van der Waals surface area contributed by atoms with E-state index in [4.69, 9.17) is 17.3 Å². The van der Waals surface area contributed by atoms with Gasteiger partial charge in [-0.3, -0.25) is 14.2 Å². The molecule has 0 bridgehead atoms. The molecule has 6 nitrogen and oxygen atoms in total. The zero-order valence-corrected chi connectivity index (χ0v) is 15.6. The number of phenolic OH excluding ortho intramolecular Hbond substituents is 1. The van der Waals surface area contributed by atoms with Crippen LogP contribution in [-0.2, 0) is 4.79 Å². The van der Waals surface area contributed by atoms with Crippen molar-refractivity contribution in [1.82, 2.24) is 9.55 Å². The van der Waals surface area contributed by atoms with E-state index in [1.54, 1.807) is 30.3 Å². The normalized spacial score (nSPS) is 12.2. The minimum absolute atomic E-state index is 0.0485. The molecule has 1 aromatic heterocycles. The molecule has 1 atom stereocenters. The molecule has 2 aromatic carbocycles. The summed E-state index contributed by atoms with van der Waals surface area (Å²) in [5.74, 6) is -0.330. The van der Waals surface area contributed by atoms with Crippen molar-refractivity contribution in [2.24, 2.45) is 5.73 Å². The Morgan fingerprint density at radius 1 is 1.30 bits per heavy atom. The first-order valence-electron chi connectivity index (χ1n) is 8.73. The Balaban J connectivity index is 2.36. The first kappa shape index (κ1) is 18.9. The monoisotopic (exact) mass is 385 g/mol. The van der Waals surface area contributed by atoms with Crippen molar-refractivity contribution in [1.29, 1.82) is 0 Å². The molecule has 1 amide bonds. The van der Waals surface area contributed by atoms with Crippen molar-refractivity contribution in [3.63, 3.8) is 0 Å². The zero-order valence-electron chi connectivity index (χ0n) is 14.9. The first-order chi connectivity index (χ1) is 12.9. The van der Waals surface area contributed by atoms with Crippen molar-refractivity contribution in [2.75, 3.05) is 0 Å². The molecule has 0 fully saturated rings. The van der Waals surface area contributed by atoms with Crippen molar-refractivity contribution in [3.8, 4) is 17.1 Å². The van der Waals surface area contributed by atoms with Crippen molar-refractivity contribution < 1.29 is 9.90 Å². The standard InChI is InChI=1S/C20H20ClN3O3/c1-2-3-7-17(18(22)26)24-19(12-5-4-6-13(21)10-12)23-16-9-8-14(25)11-15(16)20(24)27/h4-6,8-11,17,25H,2-3,7H2,1H3,(H2,22,26). The Labute approximate surface area is 161 Å². The first-order valence-corrected chi connectivity index (χ1v) is 9.10. The number of amides is 1. The second kappa shape index (κ2) is 7.80. The van der Waals surface area contributed by atoms with Crippen LogP contribution < -0.4 is 11.3 Å². The van der Waals surface area contributed by atoms with E-state index in [0.717, 1.165) is 12.8 Å². The summed E-state index contributed by atoms with van der Waals surface area (Å²) in [6.07, 6.45) is 2.01. The fourth-order valence-corrected chi connectivity index (χ4v) is 3.29. The number of phenols is 1. The van der Waals surface area contributed by atoms with E-state index in [9.17, 15) is 14.7 Å². The number of carbonyl (C=O) groups is 1. The highest BCUT2D eigenvalue weighted by Gasteiger charge is 2.24. The summed E-state index contributed by atoms with van der Waals surface area (Å²) in [4.78, 5) is 30.0. The van der Waals surface area contributed by atoms with Crippen molar-refractivity contribution >= 4 is 28.4 Å². The smallest absolute Gasteiger partial charge is 0.262 e. The molecule has 3 rings (SSSR count).